The Bertz CT molecular complexity index is 2220. The Morgan fingerprint density at radius 1 is 0.978 bits per heavy atom. The minimum Gasteiger partial charge on any atom is -0.496 e. The zero-order valence-corrected chi connectivity index (χ0v) is 28.6. The van der Waals surface area contributed by atoms with Crippen LogP contribution in [0.15, 0.2) is 97.8 Å². The van der Waals surface area contributed by atoms with Gasteiger partial charge in [0.2, 0.25) is 0 Å². The quantitative estimate of drug-likeness (QED) is 0.179. The maximum atomic E-state index is 13.9. The molecule has 0 amide bonds. The van der Waals surface area contributed by atoms with Gasteiger partial charge in [0.25, 0.3) is 5.56 Å². The van der Waals surface area contributed by atoms with Gasteiger partial charge < -0.3 is 4.74 Å². The number of Topliss-reactive ketones (excluding diaryl/α,β-unsaturated/α-hetero) is 1. The van der Waals surface area contributed by atoms with Gasteiger partial charge in [0.1, 0.15) is 10.6 Å². The van der Waals surface area contributed by atoms with E-state index in [1.807, 2.05) is 54.6 Å². The summed E-state index contributed by atoms with van der Waals surface area (Å²) in [6.07, 6.45) is 2.12. The first-order valence-electron chi connectivity index (χ1n) is 14.1. The summed E-state index contributed by atoms with van der Waals surface area (Å²) in [5.74, 6) is 0.0961. The third-order valence-corrected chi connectivity index (χ3v) is 9.15. The summed E-state index contributed by atoms with van der Waals surface area (Å²) in [4.78, 5) is 56.7. The molecule has 3 aromatic carbocycles. The van der Waals surface area contributed by atoms with E-state index in [2.05, 4.69) is 10.1 Å². The second-order valence-corrected chi connectivity index (χ2v) is 11.8. The molecule has 6 aromatic rings. The normalized spacial score (nSPS) is 12.6. The van der Waals surface area contributed by atoms with Gasteiger partial charge >= 0.3 is 11.4 Å². The molecule has 221 valence electrons. The van der Waals surface area contributed by atoms with E-state index in [1.165, 1.54) is 18.4 Å². The topological polar surface area (TPSA) is 129 Å². The maximum absolute atomic E-state index is 13.9. The van der Waals surface area contributed by atoms with Gasteiger partial charge in [0.05, 0.1) is 31.1 Å². The Morgan fingerprint density at radius 3 is 2.38 bits per heavy atom. The molecular weight excluding hydrogens is 620 g/mol. The Morgan fingerprint density at radius 2 is 1.69 bits per heavy atom. The van der Waals surface area contributed by atoms with Crippen LogP contribution < -0.4 is 21.7 Å². The SMILES string of the molecule is COc1ccccc1C(=O)Cn1c(=O)c2cc(C3CC3)sc2n(Cc2ccc(-c3ccccc3-c3noc(=O)[nH]3)cc2)c1=O.[K]. The van der Waals surface area contributed by atoms with E-state index < -0.39 is 23.5 Å². The Hall–Kier alpha value is -3.65. The molecule has 1 saturated carbocycles. The van der Waals surface area contributed by atoms with Crippen molar-refractivity contribution in [3.63, 3.8) is 0 Å². The number of carbonyl (C=O) groups is 1. The summed E-state index contributed by atoms with van der Waals surface area (Å²) in [6.45, 7) is -0.190. The minimum absolute atomic E-state index is 0. The Kier molecular flexibility index (Phi) is 9.04. The van der Waals surface area contributed by atoms with Gasteiger partial charge in [-0.05, 0) is 53.6 Å². The molecule has 0 spiro atoms. The second-order valence-electron chi connectivity index (χ2n) is 10.7. The van der Waals surface area contributed by atoms with Crippen LogP contribution >= 0.6 is 11.3 Å². The van der Waals surface area contributed by atoms with Crippen molar-refractivity contribution in [3.05, 3.63) is 126 Å². The van der Waals surface area contributed by atoms with Crippen molar-refractivity contribution in [1.82, 2.24) is 19.3 Å². The third-order valence-electron chi connectivity index (χ3n) is 7.83. The molecular formula is C33H26KN4O6S. The summed E-state index contributed by atoms with van der Waals surface area (Å²) >= 11 is 1.47. The molecule has 1 radical (unpaired) electrons. The van der Waals surface area contributed by atoms with E-state index in [9.17, 15) is 19.2 Å². The van der Waals surface area contributed by atoms with E-state index in [1.54, 1.807) is 28.8 Å². The molecule has 1 aliphatic carbocycles. The molecule has 10 nitrogen and oxygen atoms in total. The van der Waals surface area contributed by atoms with Crippen molar-refractivity contribution in [1.29, 1.82) is 0 Å². The summed E-state index contributed by atoms with van der Waals surface area (Å²) in [5.41, 5.74) is 2.57. The number of para-hydroxylation sites is 1. The minimum atomic E-state index is -0.633. The predicted molar refractivity (Wildman–Crippen MR) is 172 cm³/mol. The molecule has 7 rings (SSSR count). The van der Waals surface area contributed by atoms with Gasteiger partial charge in [0, 0.05) is 61.8 Å². The smallest absolute Gasteiger partial charge is 0.439 e. The first-order valence-corrected chi connectivity index (χ1v) is 14.9. The van der Waals surface area contributed by atoms with Gasteiger partial charge in [-0.2, -0.15) is 0 Å². The molecule has 45 heavy (non-hydrogen) atoms. The number of aromatic amines is 1. The van der Waals surface area contributed by atoms with Crippen molar-refractivity contribution >= 4 is 78.7 Å². The van der Waals surface area contributed by atoms with E-state index in [-0.39, 0.29) is 63.7 Å². The number of fused-ring (bicyclic) bond motifs is 1. The van der Waals surface area contributed by atoms with Crippen LogP contribution in [0.5, 0.6) is 5.75 Å². The molecule has 0 unspecified atom stereocenters. The van der Waals surface area contributed by atoms with E-state index in [4.69, 9.17) is 9.26 Å². The van der Waals surface area contributed by atoms with Crippen molar-refractivity contribution in [2.24, 2.45) is 0 Å². The number of benzene rings is 3. The maximum Gasteiger partial charge on any atom is 0.439 e. The molecule has 3 aromatic heterocycles. The molecule has 1 N–H and O–H groups in total. The number of carbonyl (C=O) groups excluding carboxylic acids is 1. The average molecular weight is 646 g/mol. The fourth-order valence-corrected chi connectivity index (χ4v) is 6.74. The number of ether oxygens (including phenoxy) is 1. The van der Waals surface area contributed by atoms with Crippen LogP contribution in [0.1, 0.15) is 39.6 Å². The molecule has 3 heterocycles. The number of methoxy groups -OCH3 is 1. The molecule has 12 heteroatoms. The average Bonchev–Trinajstić information content (AvgIpc) is 3.66. The van der Waals surface area contributed by atoms with Crippen LogP contribution in [0.3, 0.4) is 0 Å². The number of hydrogen-bond acceptors (Lipinski definition) is 8. The predicted octanol–water partition coefficient (Wildman–Crippen LogP) is 4.67. The number of thiophene rings is 1. The Labute approximate surface area is 302 Å². The van der Waals surface area contributed by atoms with Crippen LogP contribution in [0, 0.1) is 0 Å². The monoisotopic (exact) mass is 645 g/mol. The van der Waals surface area contributed by atoms with Crippen molar-refractivity contribution < 1.29 is 14.1 Å². The van der Waals surface area contributed by atoms with Crippen LogP contribution in [0.25, 0.3) is 32.7 Å². The van der Waals surface area contributed by atoms with Crippen LogP contribution in [-0.2, 0) is 13.1 Å². The molecule has 1 fully saturated rings. The number of ketones is 1. The first kappa shape index (κ1) is 31.3. The van der Waals surface area contributed by atoms with E-state index >= 15 is 0 Å². The van der Waals surface area contributed by atoms with Crippen molar-refractivity contribution in [2.75, 3.05) is 7.11 Å². The van der Waals surface area contributed by atoms with Gasteiger partial charge in [-0.25, -0.2) is 9.59 Å². The third kappa shape index (κ3) is 6.13. The van der Waals surface area contributed by atoms with Gasteiger partial charge in [-0.15, -0.1) is 11.3 Å². The standard InChI is InChI=1S/C33H26N4O6S.K/c1-42-27-9-5-4-8-24(27)26(38)18-36-30(39)25-16-28(21-14-15-21)44-31(25)37(33(36)41)17-19-10-12-20(13-11-19)22-6-2-3-7-23(22)29-34-32(40)43-35-29;/h2-13,16,21H,14-15,17-18H2,1H3,(H,34,35,40);. The molecule has 0 atom stereocenters. The van der Waals surface area contributed by atoms with Crippen LogP contribution in [-0.4, -0.2) is 83.6 Å². The summed E-state index contributed by atoms with van der Waals surface area (Å²) in [6, 6.07) is 23.9. The summed E-state index contributed by atoms with van der Waals surface area (Å²) in [7, 11) is 1.47. The second kappa shape index (κ2) is 13.0. The number of hydrogen-bond donors (Lipinski definition) is 1. The van der Waals surface area contributed by atoms with E-state index in [0.29, 0.717) is 38.8 Å². The van der Waals surface area contributed by atoms with Crippen LogP contribution in [0.2, 0.25) is 0 Å². The molecule has 0 aliphatic heterocycles. The molecule has 1 aliphatic rings. The molecule has 0 saturated heterocycles. The number of nitrogens with one attached hydrogen (secondary N) is 1. The van der Waals surface area contributed by atoms with Crippen molar-refractivity contribution in [3.8, 4) is 28.3 Å². The fourth-order valence-electron chi connectivity index (χ4n) is 5.43. The Balaban J connectivity index is 0.00000357. The van der Waals surface area contributed by atoms with Crippen LogP contribution in [0.4, 0.5) is 0 Å². The number of aromatic nitrogens is 4. The van der Waals surface area contributed by atoms with Gasteiger partial charge in [-0.1, -0.05) is 65.8 Å². The zero-order valence-electron chi connectivity index (χ0n) is 24.6. The number of rotatable bonds is 9. The fraction of sp³-hybridized carbons (Fsp3) is 0.182. The van der Waals surface area contributed by atoms with Gasteiger partial charge in [0.15, 0.2) is 11.6 Å². The summed E-state index contributed by atoms with van der Waals surface area (Å²) < 4.78 is 12.7. The van der Waals surface area contributed by atoms with E-state index in [0.717, 1.165) is 39.0 Å². The summed E-state index contributed by atoms with van der Waals surface area (Å²) in [5, 5.41) is 4.27. The zero-order chi connectivity index (χ0) is 30.4. The van der Waals surface area contributed by atoms with Gasteiger partial charge in [-0.3, -0.25) is 28.2 Å². The first-order chi connectivity index (χ1) is 21.4. The van der Waals surface area contributed by atoms with Crippen molar-refractivity contribution in [2.45, 2.75) is 31.8 Å². The molecule has 0 bridgehead atoms. The number of nitrogens with zero attached hydrogens (tertiary/aromatic N) is 3. The largest absolute Gasteiger partial charge is 0.496 e. The number of H-pyrrole nitrogens is 1.